The molecule has 2 rings (SSSR count). The van der Waals surface area contributed by atoms with Crippen molar-refractivity contribution in [3.63, 3.8) is 0 Å². The quantitative estimate of drug-likeness (QED) is 0.398. The Morgan fingerprint density at radius 3 is 2.48 bits per heavy atom. The number of benzene rings is 1. The van der Waals surface area contributed by atoms with Gasteiger partial charge in [0.15, 0.2) is 5.96 Å². The van der Waals surface area contributed by atoms with Crippen LogP contribution >= 0.6 is 24.0 Å². The molecular formula is C18H25IN4O2. The first-order valence-electron chi connectivity index (χ1n) is 7.74. The van der Waals surface area contributed by atoms with Crippen LogP contribution in [0.2, 0.25) is 0 Å². The monoisotopic (exact) mass is 456 g/mol. The highest BCUT2D eigenvalue weighted by Crippen LogP contribution is 2.24. The van der Waals surface area contributed by atoms with Gasteiger partial charge in [-0.25, -0.2) is 0 Å². The second kappa shape index (κ2) is 10.8. The minimum Gasteiger partial charge on any atom is -0.497 e. The molecular weight excluding hydrogens is 431 g/mol. The largest absolute Gasteiger partial charge is 0.497 e. The number of guanidine groups is 1. The lowest BCUT2D eigenvalue weighted by Crippen LogP contribution is -2.36. The van der Waals surface area contributed by atoms with Crippen molar-refractivity contribution < 1.29 is 9.47 Å². The normalized spacial score (nSPS) is 10.6. The highest BCUT2D eigenvalue weighted by atomic mass is 127. The Morgan fingerprint density at radius 2 is 1.84 bits per heavy atom. The smallest absolute Gasteiger partial charge is 0.191 e. The van der Waals surface area contributed by atoms with Crippen LogP contribution in [0.15, 0.2) is 41.4 Å². The van der Waals surface area contributed by atoms with Crippen molar-refractivity contribution in [3.05, 3.63) is 53.3 Å². The molecule has 1 heterocycles. The zero-order valence-electron chi connectivity index (χ0n) is 15.0. The first-order chi connectivity index (χ1) is 11.7. The standard InChI is InChI=1S/C18H24N4O2.HI/c1-13-6-5-7-15(22-13)12-21-18(19-2)20-11-14-8-9-16(23-3)10-17(14)24-4;/h5-10H,11-12H2,1-4H3,(H2,19,20,21);1H. The van der Waals surface area contributed by atoms with Crippen molar-refractivity contribution in [1.29, 1.82) is 0 Å². The van der Waals surface area contributed by atoms with E-state index >= 15 is 0 Å². The van der Waals surface area contributed by atoms with Gasteiger partial charge in [0.2, 0.25) is 0 Å². The van der Waals surface area contributed by atoms with Crippen LogP contribution in [-0.4, -0.2) is 32.2 Å². The number of methoxy groups -OCH3 is 2. The van der Waals surface area contributed by atoms with E-state index in [1.54, 1.807) is 21.3 Å². The summed E-state index contributed by atoms with van der Waals surface area (Å²) in [5.41, 5.74) is 3.00. The lowest BCUT2D eigenvalue weighted by atomic mass is 10.2. The number of aryl methyl sites for hydroxylation is 1. The predicted molar refractivity (Wildman–Crippen MR) is 111 cm³/mol. The summed E-state index contributed by atoms with van der Waals surface area (Å²) in [4.78, 5) is 8.70. The van der Waals surface area contributed by atoms with E-state index in [1.165, 1.54) is 0 Å². The van der Waals surface area contributed by atoms with Gasteiger partial charge >= 0.3 is 0 Å². The van der Waals surface area contributed by atoms with Crippen molar-refractivity contribution in [2.75, 3.05) is 21.3 Å². The summed E-state index contributed by atoms with van der Waals surface area (Å²) in [6.45, 7) is 3.18. The molecule has 2 aromatic rings. The van der Waals surface area contributed by atoms with Gasteiger partial charge in [0, 0.05) is 30.9 Å². The molecule has 0 fully saturated rings. The number of hydrogen-bond donors (Lipinski definition) is 2. The van der Waals surface area contributed by atoms with Gasteiger partial charge in [-0.1, -0.05) is 6.07 Å². The van der Waals surface area contributed by atoms with Crippen molar-refractivity contribution >= 4 is 29.9 Å². The summed E-state index contributed by atoms with van der Waals surface area (Å²) in [6.07, 6.45) is 0. The number of aliphatic imine (C=N–C) groups is 1. The van der Waals surface area contributed by atoms with Crippen molar-refractivity contribution in [2.45, 2.75) is 20.0 Å². The summed E-state index contributed by atoms with van der Waals surface area (Å²) < 4.78 is 10.6. The van der Waals surface area contributed by atoms with Crippen LogP contribution in [0.1, 0.15) is 17.0 Å². The van der Waals surface area contributed by atoms with Crippen LogP contribution in [0.4, 0.5) is 0 Å². The van der Waals surface area contributed by atoms with E-state index in [2.05, 4.69) is 20.6 Å². The van der Waals surface area contributed by atoms with Crippen LogP contribution in [-0.2, 0) is 13.1 Å². The first-order valence-corrected chi connectivity index (χ1v) is 7.74. The molecule has 0 spiro atoms. The third-order valence-corrected chi connectivity index (χ3v) is 3.55. The van der Waals surface area contributed by atoms with E-state index in [4.69, 9.17) is 9.47 Å². The van der Waals surface area contributed by atoms with E-state index in [9.17, 15) is 0 Å². The average molecular weight is 456 g/mol. The second-order valence-corrected chi connectivity index (χ2v) is 5.23. The van der Waals surface area contributed by atoms with Gasteiger partial charge in [0.05, 0.1) is 26.5 Å². The molecule has 0 aliphatic rings. The van der Waals surface area contributed by atoms with Crippen LogP contribution in [0.3, 0.4) is 0 Å². The maximum Gasteiger partial charge on any atom is 0.191 e. The lowest BCUT2D eigenvalue weighted by molar-refractivity contribution is 0.390. The van der Waals surface area contributed by atoms with Gasteiger partial charge in [-0.15, -0.1) is 24.0 Å². The number of rotatable bonds is 6. The second-order valence-electron chi connectivity index (χ2n) is 5.23. The molecule has 7 heteroatoms. The Labute approximate surface area is 166 Å². The minimum absolute atomic E-state index is 0. The summed E-state index contributed by atoms with van der Waals surface area (Å²) in [5.74, 6) is 2.25. The number of aromatic nitrogens is 1. The predicted octanol–water partition coefficient (Wildman–Crippen LogP) is 2.89. The van der Waals surface area contributed by atoms with E-state index in [0.29, 0.717) is 19.0 Å². The molecule has 0 saturated carbocycles. The highest BCUT2D eigenvalue weighted by Gasteiger charge is 2.06. The fraction of sp³-hybridized carbons (Fsp3) is 0.333. The molecule has 2 N–H and O–H groups in total. The zero-order valence-corrected chi connectivity index (χ0v) is 17.3. The first kappa shape index (κ1) is 21.0. The van der Waals surface area contributed by atoms with Gasteiger partial charge in [-0.3, -0.25) is 9.98 Å². The average Bonchev–Trinajstić information content (AvgIpc) is 2.61. The molecule has 0 bridgehead atoms. The van der Waals surface area contributed by atoms with Crippen molar-refractivity contribution in [3.8, 4) is 11.5 Å². The van der Waals surface area contributed by atoms with E-state index < -0.39 is 0 Å². The lowest BCUT2D eigenvalue weighted by Gasteiger charge is -2.14. The maximum atomic E-state index is 5.41. The summed E-state index contributed by atoms with van der Waals surface area (Å²) in [7, 11) is 5.02. The van der Waals surface area contributed by atoms with Crippen molar-refractivity contribution in [1.82, 2.24) is 15.6 Å². The fourth-order valence-corrected chi connectivity index (χ4v) is 2.27. The van der Waals surface area contributed by atoms with E-state index in [-0.39, 0.29) is 24.0 Å². The molecule has 0 amide bonds. The number of halogens is 1. The Morgan fingerprint density at radius 1 is 1.08 bits per heavy atom. The van der Waals surface area contributed by atoms with E-state index in [0.717, 1.165) is 28.5 Å². The van der Waals surface area contributed by atoms with Crippen LogP contribution < -0.4 is 20.1 Å². The molecule has 0 aliphatic heterocycles. The molecule has 0 saturated heterocycles. The van der Waals surface area contributed by atoms with Gasteiger partial charge in [0.1, 0.15) is 11.5 Å². The number of ether oxygens (including phenoxy) is 2. The van der Waals surface area contributed by atoms with Crippen LogP contribution in [0.25, 0.3) is 0 Å². The molecule has 6 nitrogen and oxygen atoms in total. The van der Waals surface area contributed by atoms with Crippen molar-refractivity contribution in [2.24, 2.45) is 4.99 Å². The van der Waals surface area contributed by atoms with Crippen LogP contribution in [0, 0.1) is 6.92 Å². The number of nitrogens with one attached hydrogen (secondary N) is 2. The Hall–Kier alpha value is -2.03. The SMILES string of the molecule is CN=C(NCc1cccc(C)n1)NCc1ccc(OC)cc1OC.I. The maximum absolute atomic E-state index is 5.41. The Kier molecular flexibility index (Phi) is 9.04. The molecule has 1 aromatic carbocycles. The fourth-order valence-electron chi connectivity index (χ4n) is 2.27. The van der Waals surface area contributed by atoms with E-state index in [1.807, 2.05) is 43.3 Å². The third-order valence-electron chi connectivity index (χ3n) is 3.55. The van der Waals surface area contributed by atoms with Gasteiger partial charge in [-0.05, 0) is 31.2 Å². The molecule has 0 unspecified atom stereocenters. The van der Waals surface area contributed by atoms with Gasteiger partial charge in [0.25, 0.3) is 0 Å². The molecule has 1 aromatic heterocycles. The number of hydrogen-bond acceptors (Lipinski definition) is 4. The number of nitrogens with zero attached hydrogens (tertiary/aromatic N) is 2. The topological polar surface area (TPSA) is 67.8 Å². The highest BCUT2D eigenvalue weighted by molar-refractivity contribution is 14.0. The molecule has 0 aliphatic carbocycles. The minimum atomic E-state index is 0. The van der Waals surface area contributed by atoms with Gasteiger partial charge < -0.3 is 20.1 Å². The van der Waals surface area contributed by atoms with Crippen LogP contribution in [0.5, 0.6) is 11.5 Å². The third kappa shape index (κ3) is 6.41. The number of pyridine rings is 1. The summed E-state index contributed by atoms with van der Waals surface area (Å²) >= 11 is 0. The zero-order chi connectivity index (χ0) is 17.4. The Bertz CT molecular complexity index is 707. The Balaban J connectivity index is 0.00000312. The summed E-state index contributed by atoms with van der Waals surface area (Å²) in [6, 6.07) is 11.7. The molecule has 0 atom stereocenters. The van der Waals surface area contributed by atoms with Gasteiger partial charge in [-0.2, -0.15) is 0 Å². The summed E-state index contributed by atoms with van der Waals surface area (Å²) in [5, 5.41) is 6.53. The molecule has 136 valence electrons. The molecule has 25 heavy (non-hydrogen) atoms. The molecule has 0 radical (unpaired) electrons.